The Morgan fingerprint density at radius 3 is 2.86 bits per heavy atom. The maximum absolute atomic E-state index is 4.66. The van der Waals surface area contributed by atoms with Crippen molar-refractivity contribution in [3.63, 3.8) is 0 Å². The zero-order valence-corrected chi connectivity index (χ0v) is 13.0. The normalized spacial score (nSPS) is 12.4. The minimum atomic E-state index is 0.352. The van der Waals surface area contributed by atoms with Gasteiger partial charge in [-0.1, -0.05) is 50.1 Å². The molecule has 0 saturated carbocycles. The molecule has 0 saturated heterocycles. The molecular formula is C19H26N2. The first-order valence-electron chi connectivity index (χ1n) is 8.04. The molecular weight excluding hydrogens is 256 g/mol. The van der Waals surface area contributed by atoms with E-state index in [2.05, 4.69) is 54.1 Å². The Hall–Kier alpha value is -1.67. The monoisotopic (exact) mass is 282 g/mol. The van der Waals surface area contributed by atoms with E-state index in [9.17, 15) is 0 Å². The van der Waals surface area contributed by atoms with Crippen LogP contribution in [0.1, 0.15) is 50.8 Å². The number of allylic oxidation sites excluding steroid dienone is 1. The third-order valence-electron chi connectivity index (χ3n) is 3.89. The van der Waals surface area contributed by atoms with Crippen LogP contribution in [0.2, 0.25) is 0 Å². The molecule has 0 aliphatic heterocycles. The van der Waals surface area contributed by atoms with Gasteiger partial charge < -0.3 is 5.32 Å². The van der Waals surface area contributed by atoms with Gasteiger partial charge in [0.25, 0.3) is 0 Å². The molecule has 1 aromatic carbocycles. The van der Waals surface area contributed by atoms with Crippen LogP contribution < -0.4 is 5.32 Å². The lowest BCUT2D eigenvalue weighted by molar-refractivity contribution is 0.477. The Morgan fingerprint density at radius 1 is 1.19 bits per heavy atom. The number of nitrogens with one attached hydrogen (secondary N) is 1. The summed E-state index contributed by atoms with van der Waals surface area (Å²) >= 11 is 0. The van der Waals surface area contributed by atoms with Crippen LogP contribution in [0.4, 0.5) is 0 Å². The van der Waals surface area contributed by atoms with Gasteiger partial charge in [-0.05, 0) is 37.3 Å². The minimum absolute atomic E-state index is 0.352. The maximum Gasteiger partial charge on any atom is 0.0651 e. The summed E-state index contributed by atoms with van der Waals surface area (Å²) in [5.74, 6) is 0. The lowest BCUT2D eigenvalue weighted by atomic mass is 9.99. The fraction of sp³-hybridized carbons (Fsp3) is 0.421. The number of nitrogens with zero attached hydrogens (tertiary/aromatic N) is 1. The average Bonchev–Trinajstić information content (AvgIpc) is 2.53. The number of hydrogen-bond donors (Lipinski definition) is 1. The first-order chi connectivity index (χ1) is 10.4. The molecule has 0 amide bonds. The van der Waals surface area contributed by atoms with Crippen LogP contribution in [0.3, 0.4) is 0 Å². The predicted octanol–water partition coefficient (Wildman–Crippen LogP) is 5.02. The van der Waals surface area contributed by atoms with E-state index in [1.54, 1.807) is 0 Å². The van der Waals surface area contributed by atoms with Gasteiger partial charge in [0.05, 0.1) is 11.7 Å². The van der Waals surface area contributed by atoms with E-state index in [1.165, 1.54) is 35.7 Å². The lowest BCUT2D eigenvalue weighted by Crippen LogP contribution is -2.22. The number of rotatable bonds is 9. The highest BCUT2D eigenvalue weighted by Crippen LogP contribution is 2.25. The van der Waals surface area contributed by atoms with Crippen LogP contribution in [0.5, 0.6) is 0 Å². The second-order valence-electron chi connectivity index (χ2n) is 5.45. The Kier molecular flexibility index (Phi) is 6.42. The minimum Gasteiger partial charge on any atom is -0.309 e. The van der Waals surface area contributed by atoms with Gasteiger partial charge in [-0.15, -0.1) is 6.58 Å². The first kappa shape index (κ1) is 15.7. The summed E-state index contributed by atoms with van der Waals surface area (Å²) in [4.78, 5) is 4.66. The van der Waals surface area contributed by atoms with E-state index < -0.39 is 0 Å². The molecule has 112 valence electrons. The van der Waals surface area contributed by atoms with Gasteiger partial charge in [0.15, 0.2) is 0 Å². The van der Waals surface area contributed by atoms with Gasteiger partial charge >= 0.3 is 0 Å². The van der Waals surface area contributed by atoms with Crippen molar-refractivity contribution in [1.82, 2.24) is 10.3 Å². The molecule has 0 spiro atoms. The molecule has 0 aliphatic rings. The van der Waals surface area contributed by atoms with Gasteiger partial charge in [0.2, 0.25) is 0 Å². The second-order valence-corrected chi connectivity index (χ2v) is 5.45. The van der Waals surface area contributed by atoms with Crippen LogP contribution in [0.15, 0.2) is 49.2 Å². The molecule has 1 aromatic heterocycles. The molecule has 2 rings (SSSR count). The summed E-state index contributed by atoms with van der Waals surface area (Å²) in [5.41, 5.74) is 1.19. The van der Waals surface area contributed by atoms with Crippen LogP contribution >= 0.6 is 0 Å². The van der Waals surface area contributed by atoms with Crippen molar-refractivity contribution in [3.05, 3.63) is 54.9 Å². The molecule has 1 N–H and O–H groups in total. The van der Waals surface area contributed by atoms with Crippen molar-refractivity contribution in [2.75, 3.05) is 6.54 Å². The highest BCUT2D eigenvalue weighted by Gasteiger charge is 2.14. The predicted molar refractivity (Wildman–Crippen MR) is 91.4 cm³/mol. The number of hydrogen-bond acceptors (Lipinski definition) is 2. The van der Waals surface area contributed by atoms with Crippen LogP contribution in [0, 0.1) is 0 Å². The summed E-state index contributed by atoms with van der Waals surface area (Å²) < 4.78 is 0. The van der Waals surface area contributed by atoms with Crippen LogP contribution in [0.25, 0.3) is 10.8 Å². The standard InChI is InChI=1S/C19H26N2/c1-3-5-6-7-8-13-18(20-4-2)19-17-12-10-9-11-16(17)14-15-21-19/h3,9-12,14-15,18,20H,1,4-8,13H2,2H3. The summed E-state index contributed by atoms with van der Waals surface area (Å²) in [6, 6.07) is 11.0. The second kappa shape index (κ2) is 8.58. The van der Waals surface area contributed by atoms with Crippen molar-refractivity contribution >= 4 is 10.8 Å². The fourth-order valence-electron chi connectivity index (χ4n) is 2.82. The first-order valence-corrected chi connectivity index (χ1v) is 8.04. The number of benzene rings is 1. The SMILES string of the molecule is C=CCCCCCC(NCC)c1nccc2ccccc12. The van der Waals surface area contributed by atoms with Crippen molar-refractivity contribution in [2.45, 2.75) is 45.1 Å². The van der Waals surface area contributed by atoms with Crippen molar-refractivity contribution < 1.29 is 0 Å². The summed E-state index contributed by atoms with van der Waals surface area (Å²) in [7, 11) is 0. The molecule has 1 unspecified atom stereocenters. The third-order valence-corrected chi connectivity index (χ3v) is 3.89. The molecule has 0 radical (unpaired) electrons. The van der Waals surface area contributed by atoms with Crippen molar-refractivity contribution in [3.8, 4) is 0 Å². The van der Waals surface area contributed by atoms with E-state index in [0.29, 0.717) is 6.04 Å². The Bertz CT molecular complexity index is 557. The van der Waals surface area contributed by atoms with E-state index in [-0.39, 0.29) is 0 Å². The largest absolute Gasteiger partial charge is 0.309 e. The number of fused-ring (bicyclic) bond motifs is 1. The Labute approximate surface area is 128 Å². The molecule has 21 heavy (non-hydrogen) atoms. The average molecular weight is 282 g/mol. The van der Waals surface area contributed by atoms with Gasteiger partial charge in [-0.3, -0.25) is 4.98 Å². The molecule has 2 nitrogen and oxygen atoms in total. The summed E-state index contributed by atoms with van der Waals surface area (Å²) in [6.07, 6.45) is 9.94. The maximum atomic E-state index is 4.66. The van der Waals surface area contributed by atoms with E-state index in [0.717, 1.165) is 19.4 Å². The number of aromatic nitrogens is 1. The Morgan fingerprint density at radius 2 is 2.05 bits per heavy atom. The summed E-state index contributed by atoms with van der Waals surface area (Å²) in [5, 5.41) is 6.15. The van der Waals surface area contributed by atoms with E-state index in [1.807, 2.05) is 12.3 Å². The van der Waals surface area contributed by atoms with Gasteiger partial charge in [-0.2, -0.15) is 0 Å². The highest BCUT2D eigenvalue weighted by molar-refractivity contribution is 5.84. The molecule has 1 heterocycles. The fourth-order valence-corrected chi connectivity index (χ4v) is 2.82. The number of pyridine rings is 1. The number of unbranched alkanes of at least 4 members (excludes halogenated alkanes) is 3. The van der Waals surface area contributed by atoms with Gasteiger partial charge in [0, 0.05) is 11.6 Å². The molecule has 0 aliphatic carbocycles. The molecule has 0 fully saturated rings. The van der Waals surface area contributed by atoms with E-state index >= 15 is 0 Å². The van der Waals surface area contributed by atoms with Gasteiger partial charge in [0.1, 0.15) is 0 Å². The molecule has 0 bridgehead atoms. The topological polar surface area (TPSA) is 24.9 Å². The third kappa shape index (κ3) is 4.40. The highest BCUT2D eigenvalue weighted by atomic mass is 14.9. The van der Waals surface area contributed by atoms with Gasteiger partial charge in [-0.25, -0.2) is 0 Å². The molecule has 1 atom stereocenters. The Balaban J connectivity index is 2.10. The zero-order chi connectivity index (χ0) is 14.9. The summed E-state index contributed by atoms with van der Waals surface area (Å²) in [6.45, 7) is 6.92. The van der Waals surface area contributed by atoms with Crippen LogP contribution in [-0.2, 0) is 0 Å². The van der Waals surface area contributed by atoms with Crippen molar-refractivity contribution in [1.29, 1.82) is 0 Å². The van der Waals surface area contributed by atoms with E-state index in [4.69, 9.17) is 0 Å². The quantitative estimate of drug-likeness (QED) is 0.516. The molecule has 2 heteroatoms. The lowest BCUT2D eigenvalue weighted by Gasteiger charge is -2.19. The zero-order valence-electron chi connectivity index (χ0n) is 13.0. The van der Waals surface area contributed by atoms with Crippen LogP contribution in [-0.4, -0.2) is 11.5 Å². The van der Waals surface area contributed by atoms with Crippen molar-refractivity contribution in [2.24, 2.45) is 0 Å². The smallest absolute Gasteiger partial charge is 0.0651 e. The molecule has 2 aromatic rings.